The second kappa shape index (κ2) is 14.5. The van der Waals surface area contributed by atoms with Gasteiger partial charge in [0.2, 0.25) is 0 Å². The molecule has 4 aromatic carbocycles. The summed E-state index contributed by atoms with van der Waals surface area (Å²) in [4.78, 5) is 3.72. The molecule has 0 spiro atoms. The van der Waals surface area contributed by atoms with Crippen LogP contribution in [-0.4, -0.2) is 0 Å². The summed E-state index contributed by atoms with van der Waals surface area (Å²) in [5.74, 6) is 0. The Bertz CT molecular complexity index is 1910. The number of thioether (sulfide) groups is 2. The summed E-state index contributed by atoms with van der Waals surface area (Å²) in [6.07, 6.45) is 16.6. The first kappa shape index (κ1) is 30.5. The molecular weight excluding hydrogens is 616 g/mol. The standard InChI is InChI=1S/C43H33ClS2/c44-43-37(25-24-31-27-39(33-14-5-1-6-15-33)45-40(28-31)34-16-7-2-8-17-34)22-13-23-38(43)26-32-29-41(35-18-9-3-10-19-35)46-42(30-32)36-20-11-4-12-21-36/h1-12,14-21,24-25,27-30,39H,13,22-23H2/b25-24-. The first-order valence-electron chi connectivity index (χ1n) is 15.7. The van der Waals surface area contributed by atoms with Gasteiger partial charge in [-0.3, -0.25) is 0 Å². The zero-order chi connectivity index (χ0) is 31.1. The van der Waals surface area contributed by atoms with Crippen LogP contribution in [-0.2, 0) is 0 Å². The van der Waals surface area contributed by atoms with Crippen LogP contribution in [0, 0.1) is 0 Å². The Kier molecular flexibility index (Phi) is 9.61. The fraction of sp³-hybridized carbons (Fsp3) is 0.0930. The van der Waals surface area contributed by atoms with E-state index in [0.717, 1.165) is 35.4 Å². The molecule has 0 nitrogen and oxygen atoms in total. The van der Waals surface area contributed by atoms with Gasteiger partial charge in [-0.25, -0.2) is 0 Å². The van der Waals surface area contributed by atoms with Crippen LogP contribution in [0.3, 0.4) is 0 Å². The van der Waals surface area contributed by atoms with Crippen LogP contribution < -0.4 is 0 Å². The molecule has 4 aromatic rings. The molecule has 3 heteroatoms. The average molecular weight is 649 g/mol. The Morgan fingerprint density at radius 3 is 1.74 bits per heavy atom. The van der Waals surface area contributed by atoms with Gasteiger partial charge in [-0.15, -0.1) is 17.5 Å². The third-order valence-electron chi connectivity index (χ3n) is 8.18. The van der Waals surface area contributed by atoms with Crippen molar-refractivity contribution in [1.29, 1.82) is 0 Å². The maximum Gasteiger partial charge on any atom is 0.0547 e. The Hall–Kier alpha value is -4.17. The molecule has 0 N–H and O–H groups in total. The first-order valence-corrected chi connectivity index (χ1v) is 17.8. The van der Waals surface area contributed by atoms with Crippen molar-refractivity contribution in [3.63, 3.8) is 0 Å². The molecule has 1 unspecified atom stereocenters. The largest absolute Gasteiger partial charge is 0.113 e. The molecule has 0 saturated heterocycles. The molecule has 7 rings (SSSR count). The van der Waals surface area contributed by atoms with Crippen molar-refractivity contribution >= 4 is 49.8 Å². The van der Waals surface area contributed by atoms with Gasteiger partial charge in [0.05, 0.1) is 10.3 Å². The second-order valence-electron chi connectivity index (χ2n) is 11.4. The number of rotatable bonds is 6. The normalized spacial score (nSPS) is 18.5. The summed E-state index contributed by atoms with van der Waals surface area (Å²) < 4.78 is 0. The molecule has 3 aliphatic rings. The van der Waals surface area contributed by atoms with Crippen molar-refractivity contribution in [1.82, 2.24) is 0 Å². The monoisotopic (exact) mass is 648 g/mol. The van der Waals surface area contributed by atoms with E-state index in [1.807, 2.05) is 23.5 Å². The van der Waals surface area contributed by atoms with Crippen LogP contribution in [0.15, 0.2) is 191 Å². The minimum Gasteiger partial charge on any atom is -0.113 e. The van der Waals surface area contributed by atoms with Crippen molar-refractivity contribution in [2.45, 2.75) is 24.5 Å². The molecule has 2 heterocycles. The molecule has 0 saturated carbocycles. The molecule has 224 valence electrons. The van der Waals surface area contributed by atoms with E-state index in [4.69, 9.17) is 11.6 Å². The Labute approximate surface area is 286 Å². The van der Waals surface area contributed by atoms with Crippen molar-refractivity contribution in [2.75, 3.05) is 0 Å². The Morgan fingerprint density at radius 2 is 1.15 bits per heavy atom. The second-order valence-corrected chi connectivity index (χ2v) is 14.1. The maximum atomic E-state index is 7.17. The van der Waals surface area contributed by atoms with Crippen LogP contribution in [0.4, 0.5) is 0 Å². The van der Waals surface area contributed by atoms with Crippen molar-refractivity contribution in [3.8, 4) is 0 Å². The molecular formula is C43H33ClS2. The maximum absolute atomic E-state index is 7.17. The van der Waals surface area contributed by atoms with E-state index >= 15 is 0 Å². The van der Waals surface area contributed by atoms with Crippen LogP contribution in [0.1, 0.15) is 46.8 Å². The molecule has 0 amide bonds. The van der Waals surface area contributed by atoms with Gasteiger partial charge in [0.15, 0.2) is 0 Å². The van der Waals surface area contributed by atoms with Gasteiger partial charge in [0, 0.05) is 25.9 Å². The molecule has 0 aromatic heterocycles. The predicted octanol–water partition coefficient (Wildman–Crippen LogP) is 13.0. The molecule has 0 radical (unpaired) electrons. The van der Waals surface area contributed by atoms with Crippen LogP contribution in [0.2, 0.25) is 0 Å². The van der Waals surface area contributed by atoms with E-state index in [1.165, 1.54) is 48.1 Å². The van der Waals surface area contributed by atoms with E-state index in [2.05, 4.69) is 164 Å². The van der Waals surface area contributed by atoms with Gasteiger partial charge < -0.3 is 0 Å². The molecule has 0 fully saturated rings. The molecule has 2 aliphatic heterocycles. The lowest BCUT2D eigenvalue weighted by Crippen LogP contribution is -1.99. The number of hydrogen-bond acceptors (Lipinski definition) is 2. The van der Waals surface area contributed by atoms with Crippen LogP contribution in [0.25, 0.3) is 14.7 Å². The lowest BCUT2D eigenvalue weighted by molar-refractivity contribution is 0.793. The van der Waals surface area contributed by atoms with Crippen LogP contribution in [0.5, 0.6) is 0 Å². The highest BCUT2D eigenvalue weighted by molar-refractivity contribution is 8.16. The quantitative estimate of drug-likeness (QED) is 0.191. The minimum atomic E-state index is 0.248. The van der Waals surface area contributed by atoms with E-state index in [9.17, 15) is 0 Å². The number of benzene rings is 4. The average Bonchev–Trinajstić information content (AvgIpc) is 3.13. The molecule has 1 aliphatic carbocycles. The van der Waals surface area contributed by atoms with Gasteiger partial charge in [-0.1, -0.05) is 163 Å². The SMILES string of the molecule is ClC1=C(/C=C\C2=CC(c3ccccc3)SC(c3ccccc3)=C2)CCCC1=C=C1C=C(c2ccccc2)SC(c2ccccc2)=C1. The zero-order valence-corrected chi connectivity index (χ0v) is 27.8. The van der Waals surface area contributed by atoms with E-state index in [0.29, 0.717) is 0 Å². The number of hydrogen-bond donors (Lipinski definition) is 0. The lowest BCUT2D eigenvalue weighted by atomic mass is 9.93. The van der Waals surface area contributed by atoms with Gasteiger partial charge in [-0.2, -0.15) is 0 Å². The van der Waals surface area contributed by atoms with Crippen LogP contribution >= 0.6 is 35.1 Å². The van der Waals surface area contributed by atoms with E-state index in [-0.39, 0.29) is 5.25 Å². The van der Waals surface area contributed by atoms with Crippen molar-refractivity contribution in [3.05, 3.63) is 213 Å². The fourth-order valence-corrected chi connectivity index (χ4v) is 8.50. The van der Waals surface area contributed by atoms with Crippen molar-refractivity contribution in [2.24, 2.45) is 0 Å². The minimum absolute atomic E-state index is 0.248. The summed E-state index contributed by atoms with van der Waals surface area (Å²) in [7, 11) is 0. The fourth-order valence-electron chi connectivity index (χ4n) is 5.82. The summed E-state index contributed by atoms with van der Waals surface area (Å²) in [6.45, 7) is 0. The topological polar surface area (TPSA) is 0 Å². The third-order valence-corrected chi connectivity index (χ3v) is 11.1. The number of allylic oxidation sites excluding steroid dienone is 9. The Morgan fingerprint density at radius 1 is 0.609 bits per heavy atom. The molecule has 46 heavy (non-hydrogen) atoms. The predicted molar refractivity (Wildman–Crippen MR) is 202 cm³/mol. The molecule has 0 bridgehead atoms. The summed E-state index contributed by atoms with van der Waals surface area (Å²) in [6, 6.07) is 42.6. The van der Waals surface area contributed by atoms with Crippen molar-refractivity contribution < 1.29 is 0 Å². The smallest absolute Gasteiger partial charge is 0.0547 e. The highest BCUT2D eigenvalue weighted by Crippen LogP contribution is 2.46. The highest BCUT2D eigenvalue weighted by atomic mass is 35.5. The van der Waals surface area contributed by atoms with E-state index in [1.54, 1.807) is 0 Å². The van der Waals surface area contributed by atoms with Gasteiger partial charge in [-0.05, 0) is 70.9 Å². The van der Waals surface area contributed by atoms with Gasteiger partial charge in [0.25, 0.3) is 0 Å². The van der Waals surface area contributed by atoms with Gasteiger partial charge >= 0.3 is 0 Å². The highest BCUT2D eigenvalue weighted by Gasteiger charge is 2.20. The Balaban J connectivity index is 1.25. The van der Waals surface area contributed by atoms with E-state index < -0.39 is 0 Å². The number of halogens is 1. The summed E-state index contributed by atoms with van der Waals surface area (Å²) >= 11 is 10.9. The zero-order valence-electron chi connectivity index (χ0n) is 25.4. The molecule has 1 atom stereocenters. The summed E-state index contributed by atoms with van der Waals surface area (Å²) in [5, 5.41) is 1.08. The first-order chi connectivity index (χ1) is 22.7. The van der Waals surface area contributed by atoms with Gasteiger partial charge in [0.1, 0.15) is 0 Å². The lowest BCUT2D eigenvalue weighted by Gasteiger charge is -2.21. The summed E-state index contributed by atoms with van der Waals surface area (Å²) in [5.41, 5.74) is 13.2. The third kappa shape index (κ3) is 7.28.